The molecule has 0 amide bonds. The van der Waals surface area contributed by atoms with Crippen LogP contribution in [0.3, 0.4) is 0 Å². The number of hydrogen-bond acceptors (Lipinski definition) is 5. The first kappa shape index (κ1) is 13.8. The number of nitrogens with zero attached hydrogens (tertiary/aromatic N) is 1. The van der Waals surface area contributed by atoms with Crippen LogP contribution < -0.4 is 10.6 Å². The maximum atomic E-state index is 11.1. The third-order valence-electron chi connectivity index (χ3n) is 3.31. The summed E-state index contributed by atoms with van der Waals surface area (Å²) < 4.78 is 1.13. The van der Waals surface area contributed by atoms with Crippen molar-refractivity contribution in [1.82, 2.24) is 10.3 Å². The molecule has 0 saturated carbocycles. The number of aromatic carboxylic acids is 1. The fourth-order valence-electron chi connectivity index (χ4n) is 2.27. The number of anilines is 1. The molecule has 5 nitrogen and oxygen atoms in total. The number of carbonyl (C=O) groups is 1. The third-order valence-corrected chi connectivity index (χ3v) is 4.26. The zero-order valence-electron chi connectivity index (χ0n) is 11.5. The molecule has 3 rings (SSSR count). The van der Waals surface area contributed by atoms with E-state index in [0.29, 0.717) is 5.52 Å². The Kier molecular flexibility index (Phi) is 3.72. The van der Waals surface area contributed by atoms with E-state index >= 15 is 0 Å². The Hall–Kier alpha value is -2.18. The van der Waals surface area contributed by atoms with Crippen LogP contribution in [-0.2, 0) is 0 Å². The van der Waals surface area contributed by atoms with Gasteiger partial charge in [0.05, 0.1) is 11.1 Å². The van der Waals surface area contributed by atoms with Gasteiger partial charge in [-0.3, -0.25) is 0 Å². The topological polar surface area (TPSA) is 74.2 Å². The van der Waals surface area contributed by atoms with Crippen molar-refractivity contribution < 1.29 is 9.90 Å². The van der Waals surface area contributed by atoms with Gasteiger partial charge in [0.25, 0.3) is 0 Å². The molecule has 0 spiro atoms. The summed E-state index contributed by atoms with van der Waals surface area (Å²) in [6, 6.07) is 7.13. The van der Waals surface area contributed by atoms with E-state index in [9.17, 15) is 4.79 Å². The van der Waals surface area contributed by atoms with Gasteiger partial charge in [0.1, 0.15) is 5.82 Å². The average Bonchev–Trinajstić information content (AvgIpc) is 2.96. The summed E-state index contributed by atoms with van der Waals surface area (Å²) in [5.74, 6) is -0.133. The van der Waals surface area contributed by atoms with Crippen LogP contribution in [0.25, 0.3) is 21.0 Å². The first-order valence-electron chi connectivity index (χ1n) is 6.63. The van der Waals surface area contributed by atoms with E-state index in [0.717, 1.165) is 34.4 Å². The van der Waals surface area contributed by atoms with Crippen molar-refractivity contribution in [3.8, 4) is 0 Å². The maximum absolute atomic E-state index is 11.1. The normalized spacial score (nSPS) is 11.1. The molecule has 0 bridgehead atoms. The smallest absolute Gasteiger partial charge is 0.335 e. The number of benzene rings is 1. The predicted octanol–water partition coefficient (Wildman–Crippen LogP) is 2.78. The summed E-state index contributed by atoms with van der Waals surface area (Å²) in [5, 5.41) is 19.6. The minimum absolute atomic E-state index is 0.257. The Balaban J connectivity index is 2.15. The molecular formula is C15H15N3O2S. The highest BCUT2D eigenvalue weighted by molar-refractivity contribution is 7.18. The van der Waals surface area contributed by atoms with E-state index in [1.54, 1.807) is 23.5 Å². The van der Waals surface area contributed by atoms with Crippen molar-refractivity contribution in [3.05, 3.63) is 35.2 Å². The zero-order valence-corrected chi connectivity index (χ0v) is 12.3. The molecule has 6 heteroatoms. The van der Waals surface area contributed by atoms with E-state index in [-0.39, 0.29) is 5.56 Å². The van der Waals surface area contributed by atoms with Crippen molar-refractivity contribution in [3.63, 3.8) is 0 Å². The number of carboxylic acid groups (broad SMARTS) is 1. The Morgan fingerprint density at radius 1 is 1.29 bits per heavy atom. The van der Waals surface area contributed by atoms with Crippen molar-refractivity contribution >= 4 is 44.1 Å². The number of pyridine rings is 1. The minimum atomic E-state index is -0.935. The van der Waals surface area contributed by atoms with E-state index in [2.05, 4.69) is 15.6 Å². The van der Waals surface area contributed by atoms with E-state index in [4.69, 9.17) is 5.11 Å². The lowest BCUT2D eigenvalue weighted by Gasteiger charge is -2.09. The minimum Gasteiger partial charge on any atom is -0.478 e. The monoisotopic (exact) mass is 301 g/mol. The summed E-state index contributed by atoms with van der Waals surface area (Å²) in [6.07, 6.45) is 0. The van der Waals surface area contributed by atoms with Gasteiger partial charge >= 0.3 is 5.97 Å². The van der Waals surface area contributed by atoms with Crippen LogP contribution in [0.2, 0.25) is 0 Å². The van der Waals surface area contributed by atoms with E-state index in [1.807, 2.05) is 24.6 Å². The van der Waals surface area contributed by atoms with Gasteiger partial charge in [-0.1, -0.05) is 6.07 Å². The quantitative estimate of drug-likeness (QED) is 0.632. The van der Waals surface area contributed by atoms with Gasteiger partial charge in [0, 0.05) is 28.6 Å². The number of nitrogens with one attached hydrogen (secondary N) is 2. The number of aromatic nitrogens is 1. The van der Waals surface area contributed by atoms with Crippen molar-refractivity contribution in [2.75, 3.05) is 25.5 Å². The third kappa shape index (κ3) is 2.55. The summed E-state index contributed by atoms with van der Waals surface area (Å²) in [7, 11) is 1.90. The molecule has 1 aromatic carbocycles. The average molecular weight is 301 g/mol. The second-order valence-corrected chi connectivity index (χ2v) is 5.61. The number of thiophene rings is 1. The lowest BCUT2D eigenvalue weighted by Crippen LogP contribution is -2.18. The van der Waals surface area contributed by atoms with Gasteiger partial charge in [-0.05, 0) is 30.6 Å². The molecule has 0 unspecified atom stereocenters. The predicted molar refractivity (Wildman–Crippen MR) is 86.5 cm³/mol. The maximum Gasteiger partial charge on any atom is 0.335 e. The van der Waals surface area contributed by atoms with Crippen LogP contribution in [0, 0.1) is 0 Å². The second kappa shape index (κ2) is 5.67. The van der Waals surface area contributed by atoms with Gasteiger partial charge < -0.3 is 15.7 Å². The fourth-order valence-corrected chi connectivity index (χ4v) is 3.21. The molecule has 108 valence electrons. The largest absolute Gasteiger partial charge is 0.478 e. The molecule has 0 aliphatic carbocycles. The number of rotatable bonds is 5. The van der Waals surface area contributed by atoms with Crippen molar-refractivity contribution in [2.24, 2.45) is 0 Å². The van der Waals surface area contributed by atoms with Crippen molar-refractivity contribution in [2.45, 2.75) is 0 Å². The fraction of sp³-hybridized carbons (Fsp3) is 0.200. The van der Waals surface area contributed by atoms with Crippen LogP contribution in [0.5, 0.6) is 0 Å². The second-order valence-electron chi connectivity index (χ2n) is 4.69. The lowest BCUT2D eigenvalue weighted by atomic mass is 10.1. The summed E-state index contributed by atoms with van der Waals surface area (Å²) in [6.45, 7) is 1.60. The Labute approximate surface area is 125 Å². The van der Waals surface area contributed by atoms with Crippen LogP contribution >= 0.6 is 11.3 Å². The van der Waals surface area contributed by atoms with Crippen LogP contribution in [-0.4, -0.2) is 36.2 Å². The summed E-state index contributed by atoms with van der Waals surface area (Å²) >= 11 is 1.64. The van der Waals surface area contributed by atoms with Crippen molar-refractivity contribution in [1.29, 1.82) is 0 Å². The molecule has 3 aromatic rings. The number of likely N-dealkylation sites (N-methyl/N-ethyl adjacent to an activating group) is 1. The molecule has 21 heavy (non-hydrogen) atoms. The molecule has 0 atom stereocenters. The number of carboxylic acids is 1. The van der Waals surface area contributed by atoms with Gasteiger partial charge in [0.15, 0.2) is 0 Å². The number of hydrogen-bond donors (Lipinski definition) is 3. The first-order chi connectivity index (χ1) is 10.2. The lowest BCUT2D eigenvalue weighted by molar-refractivity contribution is 0.0697. The molecule has 0 fully saturated rings. The van der Waals surface area contributed by atoms with Gasteiger partial charge in [-0.15, -0.1) is 11.3 Å². The van der Waals surface area contributed by atoms with E-state index < -0.39 is 5.97 Å². The van der Waals surface area contributed by atoms with E-state index in [1.165, 1.54) is 0 Å². The van der Waals surface area contributed by atoms with Gasteiger partial charge in [-0.25, -0.2) is 9.78 Å². The molecule has 2 heterocycles. The zero-order chi connectivity index (χ0) is 14.8. The molecular weight excluding hydrogens is 286 g/mol. The summed E-state index contributed by atoms with van der Waals surface area (Å²) in [5.41, 5.74) is 0.962. The van der Waals surface area contributed by atoms with Crippen LogP contribution in [0.15, 0.2) is 29.6 Å². The molecule has 0 radical (unpaired) electrons. The van der Waals surface area contributed by atoms with Crippen LogP contribution in [0.1, 0.15) is 10.4 Å². The SMILES string of the molecule is CNCCNc1nc2cc(C(=O)O)ccc2c2sccc12. The molecule has 0 aliphatic rings. The molecule has 2 aromatic heterocycles. The first-order valence-corrected chi connectivity index (χ1v) is 7.51. The van der Waals surface area contributed by atoms with Gasteiger partial charge in [-0.2, -0.15) is 0 Å². The van der Waals surface area contributed by atoms with Gasteiger partial charge in [0.2, 0.25) is 0 Å². The highest BCUT2D eigenvalue weighted by atomic mass is 32.1. The molecule has 0 saturated heterocycles. The highest BCUT2D eigenvalue weighted by Crippen LogP contribution is 2.33. The summed E-state index contributed by atoms with van der Waals surface area (Å²) in [4.78, 5) is 15.7. The Morgan fingerprint density at radius 3 is 2.90 bits per heavy atom. The standard InChI is InChI=1S/C15H15N3O2S/c1-16-5-6-17-14-11-4-7-21-13(11)10-3-2-9(15(19)20)8-12(10)18-14/h2-4,7-8,16H,5-6H2,1H3,(H,17,18)(H,19,20). The Bertz CT molecular complexity index is 813. The number of fused-ring (bicyclic) bond motifs is 3. The molecule has 0 aliphatic heterocycles. The molecule has 3 N–H and O–H groups in total. The highest BCUT2D eigenvalue weighted by Gasteiger charge is 2.11. The van der Waals surface area contributed by atoms with Crippen LogP contribution in [0.4, 0.5) is 5.82 Å². The Morgan fingerprint density at radius 2 is 2.14 bits per heavy atom.